The quantitative estimate of drug-likeness (QED) is 0.723. The van der Waals surface area contributed by atoms with Gasteiger partial charge in [-0.3, -0.25) is 4.79 Å². The van der Waals surface area contributed by atoms with Gasteiger partial charge in [-0.25, -0.2) is 4.79 Å². The maximum Gasteiger partial charge on any atom is 0.320 e. The van der Waals surface area contributed by atoms with Crippen LogP contribution in [0.4, 0.5) is 4.79 Å². The molecule has 4 fully saturated rings. The average molecular weight is 348 g/mol. The summed E-state index contributed by atoms with van der Waals surface area (Å²) < 4.78 is 0. The van der Waals surface area contributed by atoms with Gasteiger partial charge in [-0.15, -0.1) is 0 Å². The van der Waals surface area contributed by atoms with Gasteiger partial charge in [0.05, 0.1) is 5.41 Å². The molecular formula is C19H32N4O2. The molecule has 3 amide bonds. The van der Waals surface area contributed by atoms with E-state index in [-0.39, 0.29) is 11.4 Å². The predicted octanol–water partition coefficient (Wildman–Crippen LogP) is 1.61. The van der Waals surface area contributed by atoms with Crippen LogP contribution in [0.5, 0.6) is 0 Å². The van der Waals surface area contributed by atoms with Crippen LogP contribution in [0.15, 0.2) is 0 Å². The van der Waals surface area contributed by atoms with Gasteiger partial charge in [-0.2, -0.15) is 0 Å². The number of hydrogen-bond acceptors (Lipinski definition) is 3. The lowest BCUT2D eigenvalue weighted by Gasteiger charge is -2.42. The Balaban J connectivity index is 1.41. The minimum absolute atomic E-state index is 0.149. The zero-order valence-corrected chi connectivity index (χ0v) is 15.6. The third kappa shape index (κ3) is 3.14. The van der Waals surface area contributed by atoms with Crippen LogP contribution in [0, 0.1) is 5.41 Å². The number of carbonyl (C=O) groups is 2. The number of piperazine rings is 1. The third-order valence-corrected chi connectivity index (χ3v) is 6.93. The molecule has 1 atom stereocenters. The van der Waals surface area contributed by atoms with Crippen molar-refractivity contribution in [2.24, 2.45) is 5.41 Å². The molecule has 0 aromatic rings. The smallest absolute Gasteiger partial charge is 0.320 e. The van der Waals surface area contributed by atoms with Gasteiger partial charge in [-0.1, -0.05) is 12.8 Å². The van der Waals surface area contributed by atoms with Gasteiger partial charge in [0.15, 0.2) is 0 Å². The van der Waals surface area contributed by atoms with Crippen molar-refractivity contribution in [3.8, 4) is 0 Å². The first-order valence-corrected chi connectivity index (χ1v) is 10.1. The Bertz CT molecular complexity index is 526. The highest BCUT2D eigenvalue weighted by molar-refractivity contribution is 5.86. The SMILES string of the molecule is CN1CCN(C(=O)N2CCC3(CCCN(C4CCCC4)C3=O)C2)CC1. The van der Waals surface area contributed by atoms with E-state index in [2.05, 4.69) is 16.8 Å². The summed E-state index contributed by atoms with van der Waals surface area (Å²) in [6, 6.07) is 0.614. The number of likely N-dealkylation sites (N-methyl/N-ethyl adjacent to an activating group) is 1. The van der Waals surface area contributed by atoms with Crippen molar-refractivity contribution in [2.75, 3.05) is 52.9 Å². The van der Waals surface area contributed by atoms with E-state index < -0.39 is 0 Å². The molecule has 0 aromatic heterocycles. The van der Waals surface area contributed by atoms with Crippen LogP contribution in [-0.2, 0) is 4.79 Å². The van der Waals surface area contributed by atoms with E-state index in [1.807, 2.05) is 9.80 Å². The first kappa shape index (κ1) is 17.1. The molecule has 0 bridgehead atoms. The Morgan fingerprint density at radius 1 is 0.920 bits per heavy atom. The van der Waals surface area contributed by atoms with E-state index in [1.54, 1.807) is 0 Å². The summed E-state index contributed by atoms with van der Waals surface area (Å²) in [5, 5.41) is 0. The van der Waals surface area contributed by atoms with Crippen molar-refractivity contribution in [1.82, 2.24) is 19.6 Å². The van der Waals surface area contributed by atoms with Crippen LogP contribution in [-0.4, -0.2) is 90.4 Å². The maximum absolute atomic E-state index is 13.3. The first-order chi connectivity index (χ1) is 12.1. The van der Waals surface area contributed by atoms with Gasteiger partial charge in [0.1, 0.15) is 0 Å². The van der Waals surface area contributed by atoms with Crippen molar-refractivity contribution < 1.29 is 9.59 Å². The first-order valence-electron chi connectivity index (χ1n) is 10.1. The van der Waals surface area contributed by atoms with Crippen LogP contribution in [0.2, 0.25) is 0 Å². The lowest BCUT2D eigenvalue weighted by Crippen LogP contribution is -2.55. The molecule has 3 saturated heterocycles. The highest BCUT2D eigenvalue weighted by atomic mass is 16.2. The monoisotopic (exact) mass is 348 g/mol. The fraction of sp³-hybridized carbons (Fsp3) is 0.895. The van der Waals surface area contributed by atoms with Gasteiger partial charge < -0.3 is 19.6 Å². The van der Waals surface area contributed by atoms with Crippen molar-refractivity contribution in [2.45, 2.75) is 51.0 Å². The number of nitrogens with zero attached hydrogens (tertiary/aromatic N) is 4. The highest BCUT2D eigenvalue weighted by Crippen LogP contribution is 2.42. The fourth-order valence-electron chi connectivity index (χ4n) is 5.28. The number of piperidine rings is 1. The molecular weight excluding hydrogens is 316 g/mol. The van der Waals surface area contributed by atoms with Crippen LogP contribution < -0.4 is 0 Å². The fourth-order valence-corrected chi connectivity index (χ4v) is 5.28. The molecule has 0 radical (unpaired) electrons. The number of urea groups is 1. The van der Waals surface area contributed by atoms with Crippen LogP contribution in [0.1, 0.15) is 44.9 Å². The van der Waals surface area contributed by atoms with Crippen molar-refractivity contribution >= 4 is 11.9 Å². The molecule has 1 unspecified atom stereocenters. The molecule has 1 saturated carbocycles. The van der Waals surface area contributed by atoms with Gasteiger partial charge in [0, 0.05) is 51.9 Å². The number of rotatable bonds is 1. The van der Waals surface area contributed by atoms with Crippen LogP contribution in [0.25, 0.3) is 0 Å². The van der Waals surface area contributed by atoms with E-state index in [4.69, 9.17) is 0 Å². The topological polar surface area (TPSA) is 47.1 Å². The Morgan fingerprint density at radius 3 is 2.36 bits per heavy atom. The molecule has 1 spiro atoms. The van der Waals surface area contributed by atoms with Crippen LogP contribution in [0.3, 0.4) is 0 Å². The molecule has 6 heteroatoms. The number of amides is 3. The minimum atomic E-state index is -0.289. The number of hydrogen-bond donors (Lipinski definition) is 0. The van der Waals surface area contributed by atoms with Gasteiger partial charge in [0.25, 0.3) is 0 Å². The normalized spacial score (nSPS) is 32.2. The second kappa shape index (κ2) is 6.78. The van der Waals surface area contributed by atoms with E-state index >= 15 is 0 Å². The summed E-state index contributed by atoms with van der Waals surface area (Å²) in [6.45, 7) is 5.81. The summed E-state index contributed by atoms with van der Waals surface area (Å²) in [7, 11) is 2.10. The Hall–Kier alpha value is -1.30. The summed E-state index contributed by atoms with van der Waals surface area (Å²) in [5.41, 5.74) is -0.289. The van der Waals surface area contributed by atoms with E-state index in [1.165, 1.54) is 25.7 Å². The Morgan fingerprint density at radius 2 is 1.64 bits per heavy atom. The van der Waals surface area contributed by atoms with E-state index in [0.29, 0.717) is 18.5 Å². The molecule has 3 heterocycles. The zero-order valence-electron chi connectivity index (χ0n) is 15.6. The molecule has 1 aliphatic carbocycles. The lowest BCUT2D eigenvalue weighted by atomic mass is 9.77. The van der Waals surface area contributed by atoms with Crippen molar-refractivity contribution in [1.29, 1.82) is 0 Å². The van der Waals surface area contributed by atoms with Gasteiger partial charge >= 0.3 is 6.03 Å². The number of likely N-dealkylation sites (tertiary alicyclic amines) is 2. The minimum Gasteiger partial charge on any atom is -0.339 e. The summed E-state index contributed by atoms with van der Waals surface area (Å²) in [6.07, 6.45) is 7.78. The highest BCUT2D eigenvalue weighted by Gasteiger charge is 2.51. The molecule has 140 valence electrons. The second-order valence-corrected chi connectivity index (χ2v) is 8.57. The maximum atomic E-state index is 13.3. The largest absolute Gasteiger partial charge is 0.339 e. The molecule has 4 rings (SSSR count). The number of carbonyl (C=O) groups excluding carboxylic acids is 2. The molecule has 4 aliphatic rings. The zero-order chi connectivity index (χ0) is 17.4. The average Bonchev–Trinajstić information content (AvgIpc) is 3.29. The van der Waals surface area contributed by atoms with Gasteiger partial charge in [-0.05, 0) is 39.2 Å². The predicted molar refractivity (Wildman–Crippen MR) is 96.3 cm³/mol. The van der Waals surface area contributed by atoms with Crippen molar-refractivity contribution in [3.63, 3.8) is 0 Å². The second-order valence-electron chi connectivity index (χ2n) is 8.57. The van der Waals surface area contributed by atoms with Crippen molar-refractivity contribution in [3.05, 3.63) is 0 Å². The molecule has 0 N–H and O–H groups in total. The van der Waals surface area contributed by atoms with Gasteiger partial charge in [0.2, 0.25) is 5.91 Å². The summed E-state index contributed by atoms with van der Waals surface area (Å²) >= 11 is 0. The molecule has 0 aromatic carbocycles. The Labute approximate surface area is 151 Å². The van der Waals surface area contributed by atoms with E-state index in [0.717, 1.165) is 58.5 Å². The van der Waals surface area contributed by atoms with E-state index in [9.17, 15) is 9.59 Å². The molecule has 6 nitrogen and oxygen atoms in total. The summed E-state index contributed by atoms with van der Waals surface area (Å²) in [4.78, 5) is 34.6. The third-order valence-electron chi connectivity index (χ3n) is 6.93. The standard InChI is InChI=1S/C19H32N4O2/c1-20-11-13-21(14-12-20)18(25)22-10-8-19(15-22)7-4-9-23(17(19)24)16-5-2-3-6-16/h16H,2-15H2,1H3. The lowest BCUT2D eigenvalue weighted by molar-refractivity contribution is -0.148. The molecule has 25 heavy (non-hydrogen) atoms. The molecule has 3 aliphatic heterocycles. The van der Waals surface area contributed by atoms with Crippen LogP contribution >= 0.6 is 0 Å². The summed E-state index contributed by atoms with van der Waals surface area (Å²) in [5.74, 6) is 0.347. The Kier molecular flexibility index (Phi) is 4.65.